The summed E-state index contributed by atoms with van der Waals surface area (Å²) in [4.78, 5) is 16.1. The number of hydrogen-bond donors (Lipinski definition) is 1. The number of likely N-dealkylation sites (N-methyl/N-ethyl adjacent to an activating group) is 1. The van der Waals surface area contributed by atoms with Gasteiger partial charge in [0.25, 0.3) is 0 Å². The number of fused-ring (bicyclic) bond motifs is 1. The minimum absolute atomic E-state index is 0.195. The van der Waals surface area contributed by atoms with Gasteiger partial charge in [-0.1, -0.05) is 24.3 Å². The SMILES string of the molecule is CN(CCN)CC(=O)N1CCc2ccccc2C1. The van der Waals surface area contributed by atoms with Gasteiger partial charge in [0.1, 0.15) is 0 Å². The summed E-state index contributed by atoms with van der Waals surface area (Å²) in [6, 6.07) is 8.36. The fraction of sp³-hybridized carbons (Fsp3) is 0.500. The molecule has 0 aromatic heterocycles. The molecule has 1 aliphatic rings. The highest BCUT2D eigenvalue weighted by molar-refractivity contribution is 5.78. The topological polar surface area (TPSA) is 49.6 Å². The van der Waals surface area contributed by atoms with Crippen LogP contribution < -0.4 is 5.73 Å². The maximum absolute atomic E-state index is 12.1. The Balaban J connectivity index is 1.94. The second-order valence-corrected chi connectivity index (χ2v) is 4.86. The Morgan fingerprint density at radius 3 is 2.83 bits per heavy atom. The predicted molar refractivity (Wildman–Crippen MR) is 72.1 cm³/mol. The van der Waals surface area contributed by atoms with Crippen molar-refractivity contribution in [3.05, 3.63) is 35.4 Å². The number of nitrogens with zero attached hydrogens (tertiary/aromatic N) is 2. The van der Waals surface area contributed by atoms with E-state index in [9.17, 15) is 4.79 Å². The normalized spacial score (nSPS) is 14.7. The highest BCUT2D eigenvalue weighted by atomic mass is 16.2. The van der Waals surface area contributed by atoms with Crippen molar-refractivity contribution in [1.82, 2.24) is 9.80 Å². The molecule has 1 heterocycles. The van der Waals surface area contributed by atoms with E-state index in [1.54, 1.807) is 0 Å². The van der Waals surface area contributed by atoms with Gasteiger partial charge in [-0.05, 0) is 24.6 Å². The zero-order chi connectivity index (χ0) is 13.0. The van der Waals surface area contributed by atoms with E-state index in [0.717, 1.165) is 26.1 Å². The Labute approximate surface area is 108 Å². The first-order valence-electron chi connectivity index (χ1n) is 6.44. The van der Waals surface area contributed by atoms with Crippen molar-refractivity contribution in [1.29, 1.82) is 0 Å². The van der Waals surface area contributed by atoms with E-state index in [1.165, 1.54) is 11.1 Å². The van der Waals surface area contributed by atoms with Crippen LogP contribution in [0.4, 0.5) is 0 Å². The van der Waals surface area contributed by atoms with Crippen LogP contribution >= 0.6 is 0 Å². The molecule has 0 fully saturated rings. The van der Waals surface area contributed by atoms with Gasteiger partial charge >= 0.3 is 0 Å². The largest absolute Gasteiger partial charge is 0.337 e. The van der Waals surface area contributed by atoms with E-state index < -0.39 is 0 Å². The Morgan fingerprint density at radius 1 is 1.39 bits per heavy atom. The van der Waals surface area contributed by atoms with Crippen molar-refractivity contribution in [2.75, 3.05) is 33.2 Å². The molecule has 4 nitrogen and oxygen atoms in total. The second kappa shape index (κ2) is 5.98. The van der Waals surface area contributed by atoms with E-state index in [0.29, 0.717) is 13.1 Å². The van der Waals surface area contributed by atoms with Crippen molar-refractivity contribution in [2.24, 2.45) is 5.73 Å². The lowest BCUT2D eigenvalue weighted by Crippen LogP contribution is -2.42. The number of amides is 1. The van der Waals surface area contributed by atoms with Gasteiger partial charge in [0.2, 0.25) is 5.91 Å². The van der Waals surface area contributed by atoms with Crippen LogP contribution in [0.1, 0.15) is 11.1 Å². The standard InChI is InChI=1S/C14H21N3O/c1-16(9-7-15)11-14(18)17-8-6-12-4-2-3-5-13(12)10-17/h2-5H,6-11,15H2,1H3. The zero-order valence-corrected chi connectivity index (χ0v) is 10.9. The lowest BCUT2D eigenvalue weighted by molar-refractivity contribution is -0.133. The van der Waals surface area contributed by atoms with Crippen LogP contribution in [0, 0.1) is 0 Å². The summed E-state index contributed by atoms with van der Waals surface area (Å²) in [6.45, 7) is 3.37. The molecule has 18 heavy (non-hydrogen) atoms. The molecule has 0 aliphatic carbocycles. The van der Waals surface area contributed by atoms with Crippen LogP contribution in [0.5, 0.6) is 0 Å². The quantitative estimate of drug-likeness (QED) is 0.841. The van der Waals surface area contributed by atoms with Gasteiger partial charge in [-0.15, -0.1) is 0 Å². The number of carbonyl (C=O) groups excluding carboxylic acids is 1. The lowest BCUT2D eigenvalue weighted by Gasteiger charge is -2.30. The third-order valence-corrected chi connectivity index (χ3v) is 3.40. The fourth-order valence-electron chi connectivity index (χ4n) is 2.34. The van der Waals surface area contributed by atoms with Gasteiger partial charge in [-0.3, -0.25) is 9.69 Å². The Hall–Kier alpha value is -1.39. The molecule has 0 unspecified atom stereocenters. The average Bonchev–Trinajstić information content (AvgIpc) is 2.38. The molecule has 1 aromatic carbocycles. The smallest absolute Gasteiger partial charge is 0.237 e. The Bertz CT molecular complexity index is 419. The first kappa shape index (κ1) is 13.1. The molecule has 1 aromatic rings. The molecule has 98 valence electrons. The van der Waals surface area contributed by atoms with Gasteiger partial charge in [0.05, 0.1) is 6.54 Å². The van der Waals surface area contributed by atoms with E-state index in [2.05, 4.69) is 18.2 Å². The van der Waals surface area contributed by atoms with Crippen molar-refractivity contribution in [3.8, 4) is 0 Å². The second-order valence-electron chi connectivity index (χ2n) is 4.86. The summed E-state index contributed by atoms with van der Waals surface area (Å²) < 4.78 is 0. The summed E-state index contributed by atoms with van der Waals surface area (Å²) >= 11 is 0. The molecule has 4 heteroatoms. The van der Waals surface area contributed by atoms with Gasteiger partial charge in [0.15, 0.2) is 0 Å². The minimum atomic E-state index is 0.195. The molecule has 0 atom stereocenters. The Morgan fingerprint density at radius 2 is 2.11 bits per heavy atom. The lowest BCUT2D eigenvalue weighted by atomic mass is 10.00. The number of nitrogens with two attached hydrogens (primary N) is 1. The van der Waals surface area contributed by atoms with Crippen LogP contribution in [0.15, 0.2) is 24.3 Å². The summed E-state index contributed by atoms with van der Waals surface area (Å²) in [5.74, 6) is 0.195. The van der Waals surface area contributed by atoms with Gasteiger partial charge in [-0.2, -0.15) is 0 Å². The maximum atomic E-state index is 12.1. The van der Waals surface area contributed by atoms with Crippen molar-refractivity contribution < 1.29 is 4.79 Å². The summed E-state index contributed by atoms with van der Waals surface area (Å²) in [5.41, 5.74) is 8.13. The fourth-order valence-corrected chi connectivity index (χ4v) is 2.34. The van der Waals surface area contributed by atoms with Crippen molar-refractivity contribution in [2.45, 2.75) is 13.0 Å². The van der Waals surface area contributed by atoms with Crippen LogP contribution in [0.2, 0.25) is 0 Å². The zero-order valence-electron chi connectivity index (χ0n) is 10.9. The van der Waals surface area contributed by atoms with Crippen LogP contribution in [0.3, 0.4) is 0 Å². The van der Waals surface area contributed by atoms with E-state index in [-0.39, 0.29) is 5.91 Å². The molecular weight excluding hydrogens is 226 g/mol. The van der Waals surface area contributed by atoms with Gasteiger partial charge < -0.3 is 10.6 Å². The third kappa shape index (κ3) is 3.09. The molecule has 0 saturated carbocycles. The molecular formula is C14H21N3O. The average molecular weight is 247 g/mol. The summed E-state index contributed by atoms with van der Waals surface area (Å²) in [6.07, 6.45) is 0.961. The van der Waals surface area contributed by atoms with E-state index in [1.807, 2.05) is 22.9 Å². The molecule has 1 amide bonds. The monoisotopic (exact) mass is 247 g/mol. The van der Waals surface area contributed by atoms with Crippen LogP contribution in [-0.2, 0) is 17.8 Å². The molecule has 0 bridgehead atoms. The molecule has 2 N–H and O–H groups in total. The van der Waals surface area contributed by atoms with E-state index >= 15 is 0 Å². The third-order valence-electron chi connectivity index (χ3n) is 3.40. The minimum Gasteiger partial charge on any atom is -0.337 e. The Kier molecular flexibility index (Phi) is 4.33. The van der Waals surface area contributed by atoms with Crippen LogP contribution in [0.25, 0.3) is 0 Å². The highest BCUT2D eigenvalue weighted by Crippen LogP contribution is 2.18. The molecule has 0 saturated heterocycles. The number of benzene rings is 1. The highest BCUT2D eigenvalue weighted by Gasteiger charge is 2.20. The van der Waals surface area contributed by atoms with Gasteiger partial charge in [0, 0.05) is 26.2 Å². The molecule has 2 rings (SSSR count). The predicted octanol–water partition coefficient (Wildman–Crippen LogP) is 0.462. The number of hydrogen-bond acceptors (Lipinski definition) is 3. The molecule has 0 radical (unpaired) electrons. The van der Waals surface area contributed by atoms with Crippen molar-refractivity contribution in [3.63, 3.8) is 0 Å². The first-order chi connectivity index (χ1) is 8.70. The summed E-state index contributed by atoms with van der Waals surface area (Å²) in [5, 5.41) is 0. The van der Waals surface area contributed by atoms with E-state index in [4.69, 9.17) is 5.73 Å². The van der Waals surface area contributed by atoms with Crippen LogP contribution in [-0.4, -0.2) is 48.9 Å². The molecule has 1 aliphatic heterocycles. The number of carbonyl (C=O) groups is 1. The molecule has 0 spiro atoms. The number of rotatable bonds is 4. The maximum Gasteiger partial charge on any atom is 0.237 e. The van der Waals surface area contributed by atoms with Crippen molar-refractivity contribution >= 4 is 5.91 Å². The first-order valence-corrected chi connectivity index (χ1v) is 6.44. The summed E-state index contributed by atoms with van der Waals surface area (Å²) in [7, 11) is 1.93. The van der Waals surface area contributed by atoms with Gasteiger partial charge in [-0.25, -0.2) is 0 Å².